The Kier molecular flexibility index (Phi) is 2.47. The fraction of sp³-hybridized carbons (Fsp3) is 0.100. The molecule has 0 amide bonds. The molecule has 0 aliphatic rings. The molecule has 0 aliphatic heterocycles. The molecule has 15 heavy (non-hydrogen) atoms. The Labute approximate surface area is 84.9 Å². The molecule has 0 unspecified atom stereocenters. The highest BCUT2D eigenvalue weighted by molar-refractivity contribution is 5.63. The van der Waals surface area contributed by atoms with E-state index in [1.165, 1.54) is 24.4 Å². The van der Waals surface area contributed by atoms with Crippen molar-refractivity contribution in [3.05, 3.63) is 41.6 Å². The van der Waals surface area contributed by atoms with Crippen LogP contribution < -0.4 is 5.73 Å². The van der Waals surface area contributed by atoms with Gasteiger partial charge in [0.05, 0.1) is 17.5 Å². The summed E-state index contributed by atoms with van der Waals surface area (Å²) in [6.45, 7) is 0.180. The van der Waals surface area contributed by atoms with Gasteiger partial charge in [0.15, 0.2) is 0 Å². The highest BCUT2D eigenvalue weighted by Crippen LogP contribution is 2.26. The highest BCUT2D eigenvalue weighted by Gasteiger charge is 2.15. The monoisotopic (exact) mass is 209 g/mol. The summed E-state index contributed by atoms with van der Waals surface area (Å²) in [5.41, 5.74) is 6.19. The van der Waals surface area contributed by atoms with Gasteiger partial charge in [-0.25, -0.2) is 8.78 Å². The van der Waals surface area contributed by atoms with Crippen LogP contribution >= 0.6 is 0 Å². The van der Waals surface area contributed by atoms with Crippen molar-refractivity contribution in [2.45, 2.75) is 6.54 Å². The average molecular weight is 209 g/mol. The fourth-order valence-corrected chi connectivity index (χ4v) is 1.42. The Hall–Kier alpha value is -1.75. The third kappa shape index (κ3) is 1.61. The molecule has 2 aromatic rings. The standard InChI is InChI=1S/C10H9F2N3/c11-7-2-1-3-8(12)9(7)10-6(4-13)5-14-15-10/h1-3,5H,4,13H2,(H,14,15). The van der Waals surface area contributed by atoms with E-state index in [9.17, 15) is 8.78 Å². The second-order valence-electron chi connectivity index (χ2n) is 3.07. The molecule has 78 valence electrons. The van der Waals surface area contributed by atoms with E-state index in [0.29, 0.717) is 11.3 Å². The summed E-state index contributed by atoms with van der Waals surface area (Å²) in [5, 5.41) is 6.26. The summed E-state index contributed by atoms with van der Waals surface area (Å²) in [6, 6.07) is 3.70. The van der Waals surface area contributed by atoms with Gasteiger partial charge in [0.25, 0.3) is 0 Å². The Morgan fingerprint density at radius 1 is 1.27 bits per heavy atom. The van der Waals surface area contributed by atoms with Crippen molar-refractivity contribution in [3.8, 4) is 11.3 Å². The van der Waals surface area contributed by atoms with Crippen molar-refractivity contribution in [3.63, 3.8) is 0 Å². The molecule has 0 saturated heterocycles. The van der Waals surface area contributed by atoms with E-state index in [-0.39, 0.29) is 12.1 Å². The summed E-state index contributed by atoms with van der Waals surface area (Å²) < 4.78 is 26.8. The van der Waals surface area contributed by atoms with E-state index in [1.807, 2.05) is 0 Å². The molecule has 1 aromatic carbocycles. The number of aromatic amines is 1. The number of benzene rings is 1. The molecule has 0 spiro atoms. The van der Waals surface area contributed by atoms with Crippen molar-refractivity contribution in [1.29, 1.82) is 0 Å². The number of nitrogens with two attached hydrogens (primary N) is 1. The molecule has 0 aliphatic carbocycles. The first-order valence-electron chi connectivity index (χ1n) is 4.40. The van der Waals surface area contributed by atoms with Gasteiger partial charge in [-0.1, -0.05) is 6.07 Å². The average Bonchev–Trinajstić information content (AvgIpc) is 2.65. The zero-order chi connectivity index (χ0) is 10.8. The van der Waals surface area contributed by atoms with E-state index in [1.54, 1.807) is 0 Å². The van der Waals surface area contributed by atoms with Gasteiger partial charge >= 0.3 is 0 Å². The van der Waals surface area contributed by atoms with Crippen molar-refractivity contribution >= 4 is 0 Å². The summed E-state index contributed by atoms with van der Waals surface area (Å²) in [4.78, 5) is 0. The van der Waals surface area contributed by atoms with Gasteiger partial charge in [0, 0.05) is 12.1 Å². The number of hydrogen-bond donors (Lipinski definition) is 2. The summed E-state index contributed by atoms with van der Waals surface area (Å²) in [5.74, 6) is -1.26. The number of halogens is 2. The van der Waals surface area contributed by atoms with Gasteiger partial charge < -0.3 is 5.73 Å². The summed E-state index contributed by atoms with van der Waals surface area (Å²) >= 11 is 0. The van der Waals surface area contributed by atoms with Crippen LogP contribution in [0.15, 0.2) is 24.4 Å². The second-order valence-corrected chi connectivity index (χ2v) is 3.07. The topological polar surface area (TPSA) is 54.7 Å². The van der Waals surface area contributed by atoms with Gasteiger partial charge in [-0.15, -0.1) is 0 Å². The van der Waals surface area contributed by atoms with Crippen LogP contribution in [-0.4, -0.2) is 10.2 Å². The highest BCUT2D eigenvalue weighted by atomic mass is 19.1. The van der Waals surface area contributed by atoms with Gasteiger partial charge in [-0.2, -0.15) is 5.10 Å². The molecule has 5 heteroatoms. The van der Waals surface area contributed by atoms with E-state index in [2.05, 4.69) is 10.2 Å². The van der Waals surface area contributed by atoms with E-state index < -0.39 is 11.6 Å². The lowest BCUT2D eigenvalue weighted by Crippen LogP contribution is -1.99. The van der Waals surface area contributed by atoms with Crippen LogP contribution in [0.25, 0.3) is 11.3 Å². The van der Waals surface area contributed by atoms with Crippen molar-refractivity contribution < 1.29 is 8.78 Å². The minimum atomic E-state index is -0.631. The predicted octanol–water partition coefficient (Wildman–Crippen LogP) is 1.81. The Morgan fingerprint density at radius 3 is 2.53 bits per heavy atom. The Morgan fingerprint density at radius 2 is 1.93 bits per heavy atom. The molecule has 0 atom stereocenters. The fourth-order valence-electron chi connectivity index (χ4n) is 1.42. The number of aromatic nitrogens is 2. The van der Waals surface area contributed by atoms with E-state index in [0.717, 1.165) is 0 Å². The second kappa shape index (κ2) is 3.78. The van der Waals surface area contributed by atoms with E-state index in [4.69, 9.17) is 5.73 Å². The third-order valence-corrected chi connectivity index (χ3v) is 2.15. The molecule has 0 saturated carbocycles. The minimum absolute atomic E-state index is 0.115. The zero-order valence-electron chi connectivity index (χ0n) is 7.80. The van der Waals surface area contributed by atoms with Gasteiger partial charge in [0.2, 0.25) is 0 Å². The lowest BCUT2D eigenvalue weighted by molar-refractivity contribution is 0.588. The predicted molar refractivity (Wildman–Crippen MR) is 51.8 cm³/mol. The van der Waals surface area contributed by atoms with Crippen LogP contribution in [0.1, 0.15) is 5.56 Å². The minimum Gasteiger partial charge on any atom is -0.326 e. The summed E-state index contributed by atoms with van der Waals surface area (Å²) in [6.07, 6.45) is 1.46. The number of nitrogens with zero attached hydrogens (tertiary/aromatic N) is 1. The number of H-pyrrole nitrogens is 1. The number of nitrogens with one attached hydrogen (secondary N) is 1. The van der Waals surface area contributed by atoms with Crippen LogP contribution in [0.4, 0.5) is 8.78 Å². The maximum atomic E-state index is 13.4. The number of hydrogen-bond acceptors (Lipinski definition) is 2. The molecular weight excluding hydrogens is 200 g/mol. The molecule has 3 nitrogen and oxygen atoms in total. The molecule has 0 radical (unpaired) electrons. The van der Waals surface area contributed by atoms with E-state index >= 15 is 0 Å². The van der Waals surface area contributed by atoms with Gasteiger partial charge in [-0.3, -0.25) is 5.10 Å². The van der Waals surface area contributed by atoms with Gasteiger partial charge in [-0.05, 0) is 12.1 Å². The first-order chi connectivity index (χ1) is 7.24. The van der Waals surface area contributed by atoms with Gasteiger partial charge in [0.1, 0.15) is 11.6 Å². The smallest absolute Gasteiger partial charge is 0.135 e. The van der Waals surface area contributed by atoms with Crippen molar-refractivity contribution in [1.82, 2.24) is 10.2 Å². The van der Waals surface area contributed by atoms with Crippen LogP contribution in [0.5, 0.6) is 0 Å². The van der Waals surface area contributed by atoms with Crippen LogP contribution in [0.2, 0.25) is 0 Å². The maximum Gasteiger partial charge on any atom is 0.135 e. The van der Waals surface area contributed by atoms with Crippen LogP contribution in [0.3, 0.4) is 0 Å². The SMILES string of the molecule is NCc1cn[nH]c1-c1c(F)cccc1F. The van der Waals surface area contributed by atoms with Crippen molar-refractivity contribution in [2.24, 2.45) is 5.73 Å². The van der Waals surface area contributed by atoms with Crippen molar-refractivity contribution in [2.75, 3.05) is 0 Å². The lowest BCUT2D eigenvalue weighted by Gasteiger charge is -2.03. The third-order valence-electron chi connectivity index (χ3n) is 2.15. The molecule has 0 fully saturated rings. The first-order valence-corrected chi connectivity index (χ1v) is 4.40. The maximum absolute atomic E-state index is 13.4. The van der Waals surface area contributed by atoms with Crippen LogP contribution in [0, 0.1) is 11.6 Å². The lowest BCUT2D eigenvalue weighted by atomic mass is 10.1. The molecular formula is C10H9F2N3. The number of rotatable bonds is 2. The zero-order valence-corrected chi connectivity index (χ0v) is 7.80. The molecule has 1 heterocycles. The summed E-state index contributed by atoms with van der Waals surface area (Å²) in [7, 11) is 0. The largest absolute Gasteiger partial charge is 0.326 e. The molecule has 2 rings (SSSR count). The Bertz CT molecular complexity index is 459. The quantitative estimate of drug-likeness (QED) is 0.792. The van der Waals surface area contributed by atoms with Crippen LogP contribution in [-0.2, 0) is 6.54 Å². The molecule has 0 bridgehead atoms. The molecule has 3 N–H and O–H groups in total. The first kappa shape index (κ1) is 9.79. The Balaban J connectivity index is 2.63. The molecule has 1 aromatic heterocycles. The normalized spacial score (nSPS) is 10.6.